The second kappa shape index (κ2) is 5.39. The first-order valence-electron chi connectivity index (χ1n) is 7.56. The maximum atomic E-state index is 12.3. The molecule has 23 heavy (non-hydrogen) atoms. The van der Waals surface area contributed by atoms with Crippen molar-refractivity contribution in [1.82, 2.24) is 14.7 Å². The Balaban J connectivity index is 1.54. The number of rotatable bonds is 4. The van der Waals surface area contributed by atoms with Gasteiger partial charge in [0, 0.05) is 42.7 Å². The van der Waals surface area contributed by atoms with Crippen molar-refractivity contribution in [2.24, 2.45) is 7.05 Å². The van der Waals surface area contributed by atoms with Gasteiger partial charge in [-0.15, -0.1) is 0 Å². The van der Waals surface area contributed by atoms with Gasteiger partial charge in [0.05, 0.1) is 0 Å². The van der Waals surface area contributed by atoms with Gasteiger partial charge < -0.3 is 14.4 Å². The minimum absolute atomic E-state index is 0.266. The van der Waals surface area contributed by atoms with Gasteiger partial charge in [-0.2, -0.15) is 0 Å². The summed E-state index contributed by atoms with van der Waals surface area (Å²) in [5, 5.41) is 6.71. The molecule has 1 aromatic carbocycles. The van der Waals surface area contributed by atoms with Crippen LogP contribution in [0.2, 0.25) is 0 Å². The van der Waals surface area contributed by atoms with Crippen molar-refractivity contribution >= 4 is 11.6 Å². The molecule has 1 saturated carbocycles. The Hall–Kier alpha value is -2.89. The van der Waals surface area contributed by atoms with Crippen LogP contribution in [0.5, 0.6) is 0 Å². The van der Waals surface area contributed by atoms with E-state index >= 15 is 0 Å². The molecule has 1 fully saturated rings. The highest BCUT2D eigenvalue weighted by molar-refractivity contribution is 6.03. The highest BCUT2D eigenvalue weighted by atomic mass is 16.5. The van der Waals surface area contributed by atoms with Gasteiger partial charge in [0.15, 0.2) is 5.69 Å². The molecule has 0 spiro atoms. The Kier molecular flexibility index (Phi) is 3.22. The van der Waals surface area contributed by atoms with Crippen LogP contribution in [0.3, 0.4) is 0 Å². The molecule has 3 aromatic rings. The lowest BCUT2D eigenvalue weighted by Gasteiger charge is -2.06. The van der Waals surface area contributed by atoms with Crippen LogP contribution >= 0.6 is 0 Å². The number of amides is 1. The van der Waals surface area contributed by atoms with Crippen LogP contribution in [-0.2, 0) is 7.05 Å². The Morgan fingerprint density at radius 1 is 1.35 bits per heavy atom. The average molecular weight is 308 g/mol. The molecule has 0 unspecified atom stereocenters. The van der Waals surface area contributed by atoms with E-state index in [4.69, 9.17) is 4.52 Å². The zero-order valence-electron chi connectivity index (χ0n) is 12.7. The Morgan fingerprint density at radius 3 is 2.96 bits per heavy atom. The third-order valence-electron chi connectivity index (χ3n) is 3.94. The summed E-state index contributed by atoms with van der Waals surface area (Å²) in [6.07, 6.45) is 5.86. The molecule has 0 radical (unpaired) electrons. The van der Waals surface area contributed by atoms with Crippen LogP contribution in [0, 0.1) is 0 Å². The summed E-state index contributed by atoms with van der Waals surface area (Å²) in [6.45, 7) is 0. The third-order valence-corrected chi connectivity index (χ3v) is 3.94. The normalized spacial score (nSPS) is 14.0. The molecule has 2 heterocycles. The smallest absolute Gasteiger partial charge is 0.277 e. The van der Waals surface area contributed by atoms with Gasteiger partial charge in [-0.05, 0) is 25.0 Å². The molecule has 4 rings (SSSR count). The van der Waals surface area contributed by atoms with Crippen LogP contribution in [0.4, 0.5) is 5.69 Å². The molecule has 6 heteroatoms. The zero-order chi connectivity index (χ0) is 15.8. The summed E-state index contributed by atoms with van der Waals surface area (Å²) < 4.78 is 7.15. The minimum atomic E-state index is -0.266. The van der Waals surface area contributed by atoms with E-state index in [1.165, 1.54) is 0 Å². The number of nitrogens with zero attached hydrogens (tertiary/aromatic N) is 3. The lowest BCUT2D eigenvalue weighted by Crippen LogP contribution is -2.12. The summed E-state index contributed by atoms with van der Waals surface area (Å²) in [5.74, 6) is 1.82. The van der Waals surface area contributed by atoms with E-state index in [0.29, 0.717) is 17.3 Å². The van der Waals surface area contributed by atoms with Crippen molar-refractivity contribution in [2.75, 3.05) is 5.32 Å². The molecule has 1 N–H and O–H groups in total. The number of hydrogen-bond acceptors (Lipinski definition) is 4. The monoisotopic (exact) mass is 308 g/mol. The van der Waals surface area contributed by atoms with E-state index in [1.54, 1.807) is 12.3 Å². The molecule has 1 aliphatic carbocycles. The third kappa shape index (κ3) is 2.75. The summed E-state index contributed by atoms with van der Waals surface area (Å²) >= 11 is 0. The predicted octanol–water partition coefficient (Wildman–Crippen LogP) is 3.20. The van der Waals surface area contributed by atoms with Crippen LogP contribution in [0.15, 0.2) is 47.2 Å². The number of carbonyl (C=O) groups is 1. The van der Waals surface area contributed by atoms with E-state index < -0.39 is 0 Å². The van der Waals surface area contributed by atoms with Crippen LogP contribution < -0.4 is 5.32 Å². The molecule has 0 bridgehead atoms. The van der Waals surface area contributed by atoms with Crippen molar-refractivity contribution < 1.29 is 9.32 Å². The summed E-state index contributed by atoms with van der Waals surface area (Å²) in [7, 11) is 1.93. The van der Waals surface area contributed by atoms with Crippen LogP contribution in [-0.4, -0.2) is 20.6 Å². The molecule has 6 nitrogen and oxygen atoms in total. The van der Waals surface area contributed by atoms with Gasteiger partial charge >= 0.3 is 0 Å². The molecule has 1 amide bonds. The van der Waals surface area contributed by atoms with Crippen molar-refractivity contribution in [3.63, 3.8) is 0 Å². The number of aryl methyl sites for hydroxylation is 1. The van der Waals surface area contributed by atoms with Crippen LogP contribution in [0.25, 0.3) is 11.4 Å². The van der Waals surface area contributed by atoms with Crippen LogP contribution in [0.1, 0.15) is 35.0 Å². The van der Waals surface area contributed by atoms with Gasteiger partial charge in [-0.1, -0.05) is 17.3 Å². The second-order valence-corrected chi connectivity index (χ2v) is 5.79. The number of hydrogen-bond donors (Lipinski definition) is 1. The highest BCUT2D eigenvalue weighted by Gasteiger charge is 2.28. The Bertz CT molecular complexity index is 861. The van der Waals surface area contributed by atoms with Crippen molar-refractivity contribution in [3.05, 3.63) is 54.2 Å². The van der Waals surface area contributed by atoms with Crippen molar-refractivity contribution in [1.29, 1.82) is 0 Å². The summed E-state index contributed by atoms with van der Waals surface area (Å²) in [4.78, 5) is 16.6. The number of nitrogens with one attached hydrogen (secondary N) is 1. The largest absolute Gasteiger partial charge is 0.360 e. The first-order valence-corrected chi connectivity index (χ1v) is 7.56. The Labute approximate surface area is 133 Å². The van der Waals surface area contributed by atoms with E-state index in [1.807, 2.05) is 42.1 Å². The highest BCUT2D eigenvalue weighted by Crippen LogP contribution is 2.40. The topological polar surface area (TPSA) is 73.0 Å². The van der Waals surface area contributed by atoms with Gasteiger partial charge in [0.1, 0.15) is 11.6 Å². The molecule has 2 aromatic heterocycles. The van der Waals surface area contributed by atoms with Crippen molar-refractivity contribution in [3.8, 4) is 11.4 Å². The second-order valence-electron chi connectivity index (χ2n) is 5.79. The molecular formula is C17H16N4O2. The molecule has 1 aliphatic rings. The molecule has 0 atom stereocenters. The van der Waals surface area contributed by atoms with Gasteiger partial charge in [-0.25, -0.2) is 4.98 Å². The average Bonchev–Trinajstić information content (AvgIpc) is 3.11. The molecule has 0 saturated heterocycles. The fourth-order valence-electron chi connectivity index (χ4n) is 2.53. The van der Waals surface area contributed by atoms with E-state index in [9.17, 15) is 4.79 Å². The first kappa shape index (κ1) is 13.8. The number of imidazole rings is 1. The van der Waals surface area contributed by atoms with E-state index in [-0.39, 0.29) is 5.91 Å². The standard InChI is InChI=1S/C17H16N4O2/c1-21-8-7-18-16(21)12-3-2-4-13(9-12)19-17(22)14-10-15(23-20-14)11-5-6-11/h2-4,7-11H,5-6H2,1H3,(H,19,22). The number of benzene rings is 1. The molecule has 0 aliphatic heterocycles. The molecule has 116 valence electrons. The Morgan fingerprint density at radius 2 is 2.22 bits per heavy atom. The summed E-state index contributed by atoms with van der Waals surface area (Å²) in [5.41, 5.74) is 1.95. The van der Waals surface area contributed by atoms with E-state index in [0.717, 1.165) is 30.0 Å². The number of aromatic nitrogens is 3. The molecular weight excluding hydrogens is 292 g/mol. The SMILES string of the molecule is Cn1ccnc1-c1cccc(NC(=O)c2cc(C3CC3)on2)c1. The maximum Gasteiger partial charge on any atom is 0.277 e. The lowest BCUT2D eigenvalue weighted by atomic mass is 10.2. The van der Waals surface area contributed by atoms with Crippen molar-refractivity contribution in [2.45, 2.75) is 18.8 Å². The van der Waals surface area contributed by atoms with Gasteiger partial charge in [0.2, 0.25) is 0 Å². The maximum absolute atomic E-state index is 12.3. The lowest BCUT2D eigenvalue weighted by molar-refractivity contribution is 0.101. The van der Waals surface area contributed by atoms with Gasteiger partial charge in [-0.3, -0.25) is 4.79 Å². The number of anilines is 1. The zero-order valence-corrected chi connectivity index (χ0v) is 12.7. The minimum Gasteiger partial charge on any atom is -0.360 e. The summed E-state index contributed by atoms with van der Waals surface area (Å²) in [6, 6.07) is 9.31. The number of carbonyl (C=O) groups excluding carboxylic acids is 1. The van der Waals surface area contributed by atoms with E-state index in [2.05, 4.69) is 15.5 Å². The fourth-order valence-corrected chi connectivity index (χ4v) is 2.53. The van der Waals surface area contributed by atoms with Gasteiger partial charge in [0.25, 0.3) is 5.91 Å². The predicted molar refractivity (Wildman–Crippen MR) is 85.1 cm³/mol. The first-order chi connectivity index (χ1) is 11.2. The fraction of sp³-hybridized carbons (Fsp3) is 0.235. The quantitative estimate of drug-likeness (QED) is 0.803.